The van der Waals surface area contributed by atoms with Crippen molar-refractivity contribution in [2.24, 2.45) is 7.05 Å². The van der Waals surface area contributed by atoms with Gasteiger partial charge in [0.25, 0.3) is 5.91 Å². The van der Waals surface area contributed by atoms with Gasteiger partial charge in [-0.25, -0.2) is 9.97 Å². The lowest BCUT2D eigenvalue weighted by Gasteiger charge is -2.03. The van der Waals surface area contributed by atoms with Crippen LogP contribution in [0.3, 0.4) is 0 Å². The molecule has 0 aliphatic heterocycles. The van der Waals surface area contributed by atoms with Gasteiger partial charge in [0.15, 0.2) is 11.5 Å². The highest BCUT2D eigenvalue weighted by Gasteiger charge is 2.19. The molecule has 0 bridgehead atoms. The molecule has 1 amide bonds. The number of imidazole rings is 2. The summed E-state index contributed by atoms with van der Waals surface area (Å²) in [7, 11) is 1.90. The molecule has 130 valence electrons. The monoisotopic (exact) mass is 346 g/mol. The van der Waals surface area contributed by atoms with Crippen molar-refractivity contribution >= 4 is 11.4 Å². The van der Waals surface area contributed by atoms with E-state index in [9.17, 15) is 4.79 Å². The van der Waals surface area contributed by atoms with E-state index < -0.39 is 0 Å². The first-order valence-electron chi connectivity index (χ1n) is 8.35. The number of nitrogens with zero attached hydrogens (tertiary/aromatic N) is 5. The SMILES string of the molecule is Cn1cnc(-c2nc(C(=O)NCCc3cccnc3)c3ccccn23)c1. The van der Waals surface area contributed by atoms with Crippen molar-refractivity contribution in [3.63, 3.8) is 0 Å². The number of aryl methyl sites for hydroxylation is 1. The maximum atomic E-state index is 12.7. The molecule has 4 aromatic heterocycles. The van der Waals surface area contributed by atoms with Crippen LogP contribution in [0.5, 0.6) is 0 Å². The molecule has 0 aliphatic rings. The number of pyridine rings is 2. The van der Waals surface area contributed by atoms with E-state index in [1.54, 1.807) is 18.7 Å². The van der Waals surface area contributed by atoms with Crippen LogP contribution in [0.1, 0.15) is 16.1 Å². The summed E-state index contributed by atoms with van der Waals surface area (Å²) in [5.74, 6) is 0.457. The molecule has 4 rings (SSSR count). The lowest BCUT2D eigenvalue weighted by atomic mass is 10.2. The van der Waals surface area contributed by atoms with Crippen molar-refractivity contribution in [2.75, 3.05) is 6.54 Å². The minimum absolute atomic E-state index is 0.195. The fourth-order valence-corrected chi connectivity index (χ4v) is 2.86. The highest BCUT2D eigenvalue weighted by molar-refractivity contribution is 5.99. The molecule has 7 nitrogen and oxygen atoms in total. The normalized spacial score (nSPS) is 11.0. The summed E-state index contributed by atoms with van der Waals surface area (Å²) in [5.41, 5.74) is 2.96. The summed E-state index contributed by atoms with van der Waals surface area (Å²) in [6.45, 7) is 0.523. The zero-order valence-corrected chi connectivity index (χ0v) is 14.3. The van der Waals surface area contributed by atoms with Gasteiger partial charge >= 0.3 is 0 Å². The largest absolute Gasteiger partial charge is 0.350 e. The Morgan fingerprint density at radius 1 is 1.23 bits per heavy atom. The van der Waals surface area contributed by atoms with Gasteiger partial charge in [-0.15, -0.1) is 0 Å². The summed E-state index contributed by atoms with van der Waals surface area (Å²) in [6, 6.07) is 9.57. The van der Waals surface area contributed by atoms with E-state index in [1.165, 1.54) is 0 Å². The first-order valence-corrected chi connectivity index (χ1v) is 8.35. The van der Waals surface area contributed by atoms with Gasteiger partial charge in [0, 0.05) is 38.4 Å². The first-order chi connectivity index (χ1) is 12.7. The molecular weight excluding hydrogens is 328 g/mol. The van der Waals surface area contributed by atoms with Crippen LogP contribution in [0, 0.1) is 0 Å². The van der Waals surface area contributed by atoms with Crippen LogP contribution in [0.4, 0.5) is 0 Å². The predicted octanol–water partition coefficient (Wildman–Crippen LogP) is 2.10. The minimum Gasteiger partial charge on any atom is -0.350 e. The highest BCUT2D eigenvalue weighted by atomic mass is 16.1. The standard InChI is InChI=1S/C19H18N6O/c1-24-12-15(22-13-24)18-23-17(16-6-2-3-10-25(16)18)19(26)21-9-7-14-5-4-8-20-11-14/h2-6,8,10-13H,7,9H2,1H3,(H,21,26). The van der Waals surface area contributed by atoms with Gasteiger partial charge in [0.1, 0.15) is 5.69 Å². The number of hydrogen-bond donors (Lipinski definition) is 1. The summed E-state index contributed by atoms with van der Waals surface area (Å²) >= 11 is 0. The predicted molar refractivity (Wildman–Crippen MR) is 97.7 cm³/mol. The molecule has 0 radical (unpaired) electrons. The molecule has 0 fully saturated rings. The maximum Gasteiger partial charge on any atom is 0.272 e. The Hall–Kier alpha value is -3.48. The Balaban J connectivity index is 1.59. The number of hydrogen-bond acceptors (Lipinski definition) is 4. The summed E-state index contributed by atoms with van der Waals surface area (Å²) in [5, 5.41) is 2.94. The fourth-order valence-electron chi connectivity index (χ4n) is 2.86. The molecule has 0 atom stereocenters. The quantitative estimate of drug-likeness (QED) is 0.600. The van der Waals surface area contributed by atoms with Crippen molar-refractivity contribution < 1.29 is 4.79 Å². The molecule has 0 saturated heterocycles. The second kappa shape index (κ2) is 6.79. The van der Waals surface area contributed by atoms with Crippen LogP contribution in [-0.2, 0) is 13.5 Å². The van der Waals surface area contributed by atoms with Crippen LogP contribution < -0.4 is 5.32 Å². The lowest BCUT2D eigenvalue weighted by Crippen LogP contribution is -2.26. The molecule has 7 heteroatoms. The maximum absolute atomic E-state index is 12.7. The number of carbonyl (C=O) groups excluding carboxylic acids is 1. The number of rotatable bonds is 5. The van der Waals surface area contributed by atoms with E-state index in [1.807, 2.05) is 58.7 Å². The van der Waals surface area contributed by atoms with E-state index in [0.717, 1.165) is 23.2 Å². The smallest absolute Gasteiger partial charge is 0.272 e. The molecule has 4 heterocycles. The molecule has 1 N–H and O–H groups in total. The third-order valence-electron chi connectivity index (χ3n) is 4.12. The van der Waals surface area contributed by atoms with Crippen molar-refractivity contribution in [2.45, 2.75) is 6.42 Å². The van der Waals surface area contributed by atoms with Gasteiger partial charge in [0.05, 0.1) is 11.8 Å². The average Bonchev–Trinajstić information content (AvgIpc) is 3.26. The Morgan fingerprint density at radius 3 is 2.92 bits per heavy atom. The molecule has 0 aromatic carbocycles. The van der Waals surface area contributed by atoms with Gasteiger partial charge in [-0.05, 0) is 30.2 Å². The topological polar surface area (TPSA) is 77.1 Å². The van der Waals surface area contributed by atoms with Gasteiger partial charge in [0.2, 0.25) is 0 Å². The second-order valence-corrected chi connectivity index (χ2v) is 6.03. The van der Waals surface area contributed by atoms with Crippen molar-refractivity contribution in [1.29, 1.82) is 0 Å². The van der Waals surface area contributed by atoms with Crippen LogP contribution in [-0.4, -0.2) is 36.4 Å². The van der Waals surface area contributed by atoms with Crippen LogP contribution in [0.15, 0.2) is 61.4 Å². The van der Waals surface area contributed by atoms with Crippen LogP contribution in [0.2, 0.25) is 0 Å². The minimum atomic E-state index is -0.195. The summed E-state index contributed by atoms with van der Waals surface area (Å²) < 4.78 is 3.74. The number of aromatic nitrogens is 5. The summed E-state index contributed by atoms with van der Waals surface area (Å²) in [4.78, 5) is 25.7. The summed E-state index contributed by atoms with van der Waals surface area (Å²) in [6.07, 6.45) is 9.74. The van der Waals surface area contributed by atoms with E-state index in [4.69, 9.17) is 0 Å². The van der Waals surface area contributed by atoms with Gasteiger partial charge in [-0.3, -0.25) is 14.2 Å². The zero-order valence-electron chi connectivity index (χ0n) is 14.3. The molecule has 0 saturated carbocycles. The van der Waals surface area contributed by atoms with Gasteiger partial charge in [-0.1, -0.05) is 12.1 Å². The zero-order chi connectivity index (χ0) is 17.9. The third-order valence-corrected chi connectivity index (χ3v) is 4.12. The van der Waals surface area contributed by atoms with Gasteiger partial charge < -0.3 is 9.88 Å². The Morgan fingerprint density at radius 2 is 2.15 bits per heavy atom. The number of fused-ring (bicyclic) bond motifs is 1. The van der Waals surface area contributed by atoms with Gasteiger partial charge in [-0.2, -0.15) is 0 Å². The number of carbonyl (C=O) groups is 1. The van der Waals surface area contributed by atoms with E-state index >= 15 is 0 Å². The highest BCUT2D eigenvalue weighted by Crippen LogP contribution is 2.21. The molecular formula is C19H18N6O. The average molecular weight is 346 g/mol. The lowest BCUT2D eigenvalue weighted by molar-refractivity contribution is 0.0951. The van der Waals surface area contributed by atoms with E-state index in [-0.39, 0.29) is 5.91 Å². The Bertz CT molecular complexity index is 1050. The number of nitrogens with one attached hydrogen (secondary N) is 1. The second-order valence-electron chi connectivity index (χ2n) is 6.03. The molecule has 0 spiro atoms. The Kier molecular flexibility index (Phi) is 4.18. The fraction of sp³-hybridized carbons (Fsp3) is 0.158. The Labute approximate surface area is 150 Å². The van der Waals surface area contributed by atoms with E-state index in [2.05, 4.69) is 20.3 Å². The van der Waals surface area contributed by atoms with E-state index in [0.29, 0.717) is 18.1 Å². The first kappa shape index (κ1) is 16.0. The third kappa shape index (κ3) is 3.06. The van der Waals surface area contributed by atoms with Crippen molar-refractivity contribution in [1.82, 2.24) is 29.2 Å². The molecule has 4 aromatic rings. The van der Waals surface area contributed by atoms with Crippen molar-refractivity contribution in [3.05, 3.63) is 72.7 Å². The number of amides is 1. The molecule has 0 unspecified atom stereocenters. The molecule has 26 heavy (non-hydrogen) atoms. The van der Waals surface area contributed by atoms with Crippen LogP contribution in [0.25, 0.3) is 17.0 Å². The van der Waals surface area contributed by atoms with Crippen LogP contribution >= 0.6 is 0 Å². The molecule has 0 aliphatic carbocycles. The van der Waals surface area contributed by atoms with Crippen molar-refractivity contribution in [3.8, 4) is 11.5 Å².